The number of aromatic nitrogens is 1. The summed E-state index contributed by atoms with van der Waals surface area (Å²) in [6.45, 7) is 0. The monoisotopic (exact) mass is 255 g/mol. The van der Waals surface area contributed by atoms with Gasteiger partial charge in [0.2, 0.25) is 0 Å². The number of hydrogen-bond acceptors (Lipinski definition) is 4. The van der Waals surface area contributed by atoms with Crippen molar-refractivity contribution in [1.29, 1.82) is 0 Å². The van der Waals surface area contributed by atoms with E-state index in [0.29, 0.717) is 5.56 Å². The summed E-state index contributed by atoms with van der Waals surface area (Å²) in [5.74, 6) is 0.186. The van der Waals surface area contributed by atoms with Crippen LogP contribution in [0.3, 0.4) is 0 Å². The van der Waals surface area contributed by atoms with Crippen LogP contribution in [0.15, 0.2) is 42.5 Å². The van der Waals surface area contributed by atoms with Crippen LogP contribution < -0.4 is 5.46 Å². The van der Waals surface area contributed by atoms with Crippen LogP contribution in [0, 0.1) is 0 Å². The molecule has 2 aromatic carbocycles. The Morgan fingerprint density at radius 3 is 2.72 bits per heavy atom. The third kappa shape index (κ3) is 1.87. The molecule has 3 nitrogen and oxygen atoms in total. The fraction of sp³-hybridized carbons (Fsp3) is 0. The van der Waals surface area contributed by atoms with Crippen LogP contribution in [0.4, 0.5) is 0 Å². The van der Waals surface area contributed by atoms with Crippen LogP contribution in [-0.2, 0) is 0 Å². The predicted octanol–water partition coefficient (Wildman–Crippen LogP) is 1.64. The average molecular weight is 255 g/mol. The van der Waals surface area contributed by atoms with E-state index in [4.69, 9.17) is 5.02 Å². The molecule has 0 atom stereocenters. The molecule has 0 aliphatic heterocycles. The standard InChI is InChI=1S/C13H10BNO2S/c16-11-6-5-8(14-17)7-9(11)13-15-10-3-1-2-4-12(10)18-13/h1-7,14,16-17H. The molecule has 0 radical (unpaired) electrons. The zero-order valence-corrected chi connectivity index (χ0v) is 10.3. The van der Waals surface area contributed by atoms with Gasteiger partial charge in [0, 0.05) is 0 Å². The Morgan fingerprint density at radius 2 is 1.94 bits per heavy atom. The summed E-state index contributed by atoms with van der Waals surface area (Å²) >= 11 is 1.53. The van der Waals surface area contributed by atoms with Crippen molar-refractivity contribution in [2.45, 2.75) is 0 Å². The van der Waals surface area contributed by atoms with Crippen LogP contribution in [0.5, 0.6) is 5.75 Å². The zero-order valence-electron chi connectivity index (χ0n) is 9.50. The molecule has 5 heteroatoms. The van der Waals surface area contributed by atoms with Gasteiger partial charge in [0.1, 0.15) is 10.8 Å². The summed E-state index contributed by atoms with van der Waals surface area (Å²) in [6, 6.07) is 12.9. The summed E-state index contributed by atoms with van der Waals surface area (Å²) in [5, 5.41) is 19.8. The van der Waals surface area contributed by atoms with Crippen molar-refractivity contribution in [3.63, 3.8) is 0 Å². The summed E-state index contributed by atoms with van der Waals surface area (Å²) in [6.07, 6.45) is 0. The van der Waals surface area contributed by atoms with Gasteiger partial charge >= 0.3 is 7.48 Å². The first-order valence-corrected chi connectivity index (χ1v) is 6.38. The van der Waals surface area contributed by atoms with Crippen molar-refractivity contribution in [2.24, 2.45) is 0 Å². The topological polar surface area (TPSA) is 53.4 Å². The Hall–Kier alpha value is -1.85. The lowest BCUT2D eigenvalue weighted by atomic mass is 9.87. The smallest absolute Gasteiger partial charge is 0.304 e. The van der Waals surface area contributed by atoms with E-state index in [0.717, 1.165) is 20.7 Å². The van der Waals surface area contributed by atoms with E-state index in [9.17, 15) is 5.11 Å². The number of nitrogens with zero attached hydrogens (tertiary/aromatic N) is 1. The van der Waals surface area contributed by atoms with Gasteiger partial charge in [-0.05, 0) is 18.2 Å². The minimum absolute atomic E-state index is 0.0435. The Kier molecular flexibility index (Phi) is 2.78. The molecule has 1 aromatic heterocycles. The number of rotatable bonds is 2. The number of aromatic hydroxyl groups is 1. The molecule has 0 spiro atoms. The van der Waals surface area contributed by atoms with Gasteiger partial charge in [-0.3, -0.25) is 0 Å². The van der Waals surface area contributed by atoms with Gasteiger partial charge in [0.25, 0.3) is 0 Å². The van der Waals surface area contributed by atoms with Gasteiger partial charge in [0.05, 0.1) is 15.8 Å². The third-order valence-corrected chi connectivity index (χ3v) is 3.84. The average Bonchev–Trinajstić information content (AvgIpc) is 2.82. The molecule has 0 amide bonds. The molecule has 0 fully saturated rings. The maximum absolute atomic E-state index is 9.89. The number of para-hydroxylation sites is 1. The second kappa shape index (κ2) is 4.44. The lowest BCUT2D eigenvalue weighted by Gasteiger charge is -2.02. The Labute approximate surface area is 109 Å². The van der Waals surface area contributed by atoms with Crippen LogP contribution in [0.25, 0.3) is 20.8 Å². The number of fused-ring (bicyclic) bond motifs is 1. The van der Waals surface area contributed by atoms with Crippen molar-refractivity contribution < 1.29 is 10.1 Å². The van der Waals surface area contributed by atoms with Gasteiger partial charge in [0.15, 0.2) is 0 Å². The van der Waals surface area contributed by atoms with Crippen molar-refractivity contribution in [3.8, 4) is 16.3 Å². The molecule has 0 unspecified atom stereocenters. The second-order valence-electron chi connectivity index (χ2n) is 4.00. The molecule has 1 heterocycles. The van der Waals surface area contributed by atoms with E-state index in [1.165, 1.54) is 11.3 Å². The molecule has 2 N–H and O–H groups in total. The van der Waals surface area contributed by atoms with Crippen molar-refractivity contribution in [3.05, 3.63) is 42.5 Å². The van der Waals surface area contributed by atoms with Gasteiger partial charge in [-0.2, -0.15) is 0 Å². The normalized spacial score (nSPS) is 10.7. The van der Waals surface area contributed by atoms with Gasteiger partial charge in [-0.15, -0.1) is 11.3 Å². The molecular weight excluding hydrogens is 245 g/mol. The Bertz CT molecular complexity index is 678. The highest BCUT2D eigenvalue weighted by Gasteiger charge is 2.11. The van der Waals surface area contributed by atoms with Crippen molar-refractivity contribution in [2.75, 3.05) is 0 Å². The zero-order chi connectivity index (χ0) is 12.5. The summed E-state index contributed by atoms with van der Waals surface area (Å²) in [5.41, 5.74) is 2.36. The number of benzene rings is 2. The highest BCUT2D eigenvalue weighted by Crippen LogP contribution is 2.34. The first-order chi connectivity index (χ1) is 8.78. The molecule has 0 aliphatic carbocycles. The Morgan fingerprint density at radius 1 is 1.11 bits per heavy atom. The van der Waals surface area contributed by atoms with Crippen LogP contribution in [0.1, 0.15) is 0 Å². The summed E-state index contributed by atoms with van der Waals surface area (Å²) < 4.78 is 1.08. The number of thiazole rings is 1. The van der Waals surface area contributed by atoms with Crippen molar-refractivity contribution >= 4 is 34.5 Å². The van der Waals surface area contributed by atoms with Crippen LogP contribution >= 0.6 is 11.3 Å². The predicted molar refractivity (Wildman–Crippen MR) is 75.7 cm³/mol. The lowest BCUT2D eigenvalue weighted by Crippen LogP contribution is -2.12. The van der Waals surface area contributed by atoms with Crippen LogP contribution in [0.2, 0.25) is 0 Å². The quantitative estimate of drug-likeness (QED) is 0.684. The molecule has 0 saturated heterocycles. The lowest BCUT2D eigenvalue weighted by molar-refractivity contribution is 0.477. The van der Waals surface area contributed by atoms with E-state index in [-0.39, 0.29) is 13.2 Å². The SMILES string of the molecule is OBc1ccc(O)c(-c2nc3ccccc3s2)c1. The van der Waals surface area contributed by atoms with Crippen molar-refractivity contribution in [1.82, 2.24) is 4.98 Å². The highest BCUT2D eigenvalue weighted by atomic mass is 32.1. The molecule has 3 aromatic rings. The van der Waals surface area contributed by atoms with Gasteiger partial charge < -0.3 is 10.1 Å². The van der Waals surface area contributed by atoms with E-state index in [1.807, 2.05) is 24.3 Å². The highest BCUT2D eigenvalue weighted by molar-refractivity contribution is 7.21. The van der Waals surface area contributed by atoms with Crippen LogP contribution in [-0.4, -0.2) is 22.6 Å². The molecule has 18 heavy (non-hydrogen) atoms. The molecule has 0 bridgehead atoms. The van der Waals surface area contributed by atoms with Gasteiger partial charge in [-0.25, -0.2) is 4.98 Å². The van der Waals surface area contributed by atoms with E-state index in [1.54, 1.807) is 18.2 Å². The minimum Gasteiger partial charge on any atom is -0.507 e. The first kappa shape index (κ1) is 11.3. The van der Waals surface area contributed by atoms with E-state index < -0.39 is 0 Å². The van der Waals surface area contributed by atoms with E-state index in [2.05, 4.69) is 4.98 Å². The summed E-state index contributed by atoms with van der Waals surface area (Å²) in [7, 11) is -0.0435. The molecule has 0 saturated carbocycles. The maximum atomic E-state index is 9.89. The first-order valence-electron chi connectivity index (χ1n) is 5.56. The molecule has 0 aliphatic rings. The Balaban J connectivity index is 2.19. The second-order valence-corrected chi connectivity index (χ2v) is 5.03. The molecule has 3 rings (SSSR count). The van der Waals surface area contributed by atoms with E-state index >= 15 is 0 Å². The number of hydrogen-bond donors (Lipinski definition) is 2. The maximum Gasteiger partial charge on any atom is 0.304 e. The third-order valence-electron chi connectivity index (χ3n) is 2.77. The number of phenolic OH excluding ortho intramolecular Hbond substituents is 1. The van der Waals surface area contributed by atoms with Gasteiger partial charge in [-0.1, -0.05) is 29.7 Å². The summed E-state index contributed by atoms with van der Waals surface area (Å²) in [4.78, 5) is 4.50. The number of phenols is 1. The fourth-order valence-electron chi connectivity index (χ4n) is 1.84. The fourth-order valence-corrected chi connectivity index (χ4v) is 2.83. The largest absolute Gasteiger partial charge is 0.507 e. The molecular formula is C13H10BNO2S. The molecule has 88 valence electrons. The minimum atomic E-state index is -0.0435.